The molecule has 1 aromatic heterocycles. The maximum Gasteiger partial charge on any atom is 0.380 e. The van der Waals surface area contributed by atoms with Gasteiger partial charge >= 0.3 is 5.97 Å². The van der Waals surface area contributed by atoms with Gasteiger partial charge in [0.1, 0.15) is 12.3 Å². The molecule has 1 aliphatic heterocycles. The van der Waals surface area contributed by atoms with Crippen LogP contribution in [0.1, 0.15) is 6.92 Å². The van der Waals surface area contributed by atoms with Crippen LogP contribution in [-0.4, -0.2) is 53.4 Å². The zero-order chi connectivity index (χ0) is 19.2. The fraction of sp³-hybridized carbons (Fsp3) is 0.263. The largest absolute Gasteiger partial charge is 0.471 e. The summed E-state index contributed by atoms with van der Waals surface area (Å²) in [6.07, 6.45) is 1.85. The Morgan fingerprint density at radius 1 is 1.07 bits per heavy atom. The van der Waals surface area contributed by atoms with Crippen molar-refractivity contribution in [1.29, 1.82) is 0 Å². The van der Waals surface area contributed by atoms with Crippen LogP contribution >= 0.6 is 0 Å². The summed E-state index contributed by atoms with van der Waals surface area (Å²) in [5.41, 5.74) is 0.860. The number of aromatic nitrogens is 1. The molecule has 1 fully saturated rings. The van der Waals surface area contributed by atoms with Gasteiger partial charge in [-0.15, -0.1) is 0 Å². The Balaban J connectivity index is 1.61. The molecule has 0 N–H and O–H groups in total. The fourth-order valence-electron chi connectivity index (χ4n) is 2.62. The van der Waals surface area contributed by atoms with Crippen LogP contribution in [0.15, 0.2) is 54.9 Å². The number of amides is 1. The molecule has 0 saturated carbocycles. The maximum atomic E-state index is 12.4. The number of hydroxylamine groups is 2. The maximum absolute atomic E-state index is 12.4. The number of nitrogens with zero attached hydrogens (tertiary/aromatic N) is 3. The van der Waals surface area contributed by atoms with Crippen LogP contribution in [-0.2, 0) is 19.2 Å². The molecule has 8 heteroatoms. The summed E-state index contributed by atoms with van der Waals surface area (Å²) in [4.78, 5) is 47.5. The number of hydrogen-bond acceptors (Lipinski definition) is 7. The molecule has 27 heavy (non-hydrogen) atoms. The first-order valence-electron chi connectivity index (χ1n) is 8.44. The lowest BCUT2D eigenvalue weighted by molar-refractivity contribution is -0.204. The Hall–Kier alpha value is -3.42. The average Bonchev–Trinajstić information content (AvgIpc) is 2.69. The molecule has 1 aliphatic rings. The van der Waals surface area contributed by atoms with Crippen molar-refractivity contribution >= 4 is 23.3 Å². The van der Waals surface area contributed by atoms with Gasteiger partial charge in [0.2, 0.25) is 0 Å². The van der Waals surface area contributed by atoms with Gasteiger partial charge in [-0.2, -0.15) is 5.06 Å². The van der Waals surface area contributed by atoms with Crippen LogP contribution in [0, 0.1) is 0 Å². The SMILES string of the molecule is CC(=O)C(Oc1ccccc1)C(=O)ON1CCN(c2ccncc2)CC1=O. The van der Waals surface area contributed by atoms with E-state index in [4.69, 9.17) is 9.57 Å². The smallest absolute Gasteiger partial charge is 0.380 e. The third-order valence-corrected chi connectivity index (χ3v) is 3.99. The van der Waals surface area contributed by atoms with Crippen molar-refractivity contribution in [2.45, 2.75) is 13.0 Å². The lowest BCUT2D eigenvalue weighted by Gasteiger charge is -2.34. The molecule has 0 radical (unpaired) electrons. The lowest BCUT2D eigenvalue weighted by Crippen LogP contribution is -2.52. The fourth-order valence-corrected chi connectivity index (χ4v) is 2.62. The van der Waals surface area contributed by atoms with Gasteiger partial charge in [0, 0.05) is 24.6 Å². The molecule has 1 saturated heterocycles. The number of Topliss-reactive ketones (excluding diaryl/α,β-unsaturated/α-hetero) is 1. The molecule has 8 nitrogen and oxygen atoms in total. The van der Waals surface area contributed by atoms with Crippen LogP contribution in [0.5, 0.6) is 5.75 Å². The second kappa shape index (κ2) is 8.31. The number of piperazine rings is 1. The normalized spacial score (nSPS) is 15.2. The number of anilines is 1. The van der Waals surface area contributed by atoms with Gasteiger partial charge in [-0.1, -0.05) is 18.2 Å². The number of pyridine rings is 1. The summed E-state index contributed by atoms with van der Waals surface area (Å²) in [6, 6.07) is 12.1. The van der Waals surface area contributed by atoms with E-state index in [0.717, 1.165) is 10.8 Å². The highest BCUT2D eigenvalue weighted by molar-refractivity contribution is 6.01. The zero-order valence-electron chi connectivity index (χ0n) is 14.8. The molecule has 1 amide bonds. The molecule has 1 unspecified atom stereocenters. The minimum Gasteiger partial charge on any atom is -0.471 e. The lowest BCUT2D eigenvalue weighted by atomic mass is 10.2. The molecular formula is C19H19N3O5. The molecule has 0 bridgehead atoms. The predicted molar refractivity (Wildman–Crippen MR) is 95.8 cm³/mol. The van der Waals surface area contributed by atoms with E-state index < -0.39 is 17.9 Å². The minimum atomic E-state index is -1.43. The zero-order valence-corrected chi connectivity index (χ0v) is 14.8. The number of ketones is 1. The number of benzene rings is 1. The highest BCUT2D eigenvalue weighted by Crippen LogP contribution is 2.17. The first-order valence-corrected chi connectivity index (χ1v) is 8.44. The summed E-state index contributed by atoms with van der Waals surface area (Å²) < 4.78 is 5.43. The Morgan fingerprint density at radius 2 is 1.78 bits per heavy atom. The van der Waals surface area contributed by atoms with Crippen molar-refractivity contribution in [3.63, 3.8) is 0 Å². The van der Waals surface area contributed by atoms with Crippen molar-refractivity contribution in [2.75, 3.05) is 24.5 Å². The summed E-state index contributed by atoms with van der Waals surface area (Å²) >= 11 is 0. The Labute approximate surface area is 156 Å². The van der Waals surface area contributed by atoms with Crippen molar-refractivity contribution in [3.05, 3.63) is 54.9 Å². The molecule has 2 aromatic rings. The summed E-state index contributed by atoms with van der Waals surface area (Å²) in [5.74, 6) is -1.44. The standard InChI is InChI=1S/C19H19N3O5/c1-14(23)18(26-16-5-3-2-4-6-16)19(25)27-22-12-11-21(13-17(22)24)15-7-9-20-10-8-15/h2-10,18H,11-13H2,1H3. The van der Waals surface area contributed by atoms with Crippen LogP contribution in [0.2, 0.25) is 0 Å². The van der Waals surface area contributed by atoms with E-state index in [2.05, 4.69) is 4.98 Å². The van der Waals surface area contributed by atoms with Crippen LogP contribution in [0.3, 0.4) is 0 Å². The van der Waals surface area contributed by atoms with Crippen molar-refractivity contribution in [2.24, 2.45) is 0 Å². The van der Waals surface area contributed by atoms with Crippen LogP contribution < -0.4 is 9.64 Å². The first-order chi connectivity index (χ1) is 13.0. The molecule has 1 aromatic carbocycles. The number of hydrogen-bond donors (Lipinski definition) is 0. The number of carbonyl (C=O) groups excluding carboxylic acids is 3. The van der Waals surface area contributed by atoms with E-state index in [0.29, 0.717) is 12.3 Å². The predicted octanol–water partition coefficient (Wildman–Crippen LogP) is 1.22. The van der Waals surface area contributed by atoms with Crippen molar-refractivity contribution in [1.82, 2.24) is 10.0 Å². The van der Waals surface area contributed by atoms with E-state index in [1.165, 1.54) is 6.92 Å². The molecule has 140 valence electrons. The van der Waals surface area contributed by atoms with Gasteiger partial charge in [-0.05, 0) is 31.2 Å². The number of para-hydroxylation sites is 1. The second-order valence-electron chi connectivity index (χ2n) is 5.95. The van der Waals surface area contributed by atoms with Gasteiger partial charge in [0.15, 0.2) is 5.78 Å². The summed E-state index contributed by atoms with van der Waals surface area (Å²) in [6.45, 7) is 1.95. The van der Waals surface area contributed by atoms with Gasteiger partial charge in [-0.3, -0.25) is 14.6 Å². The molecule has 2 heterocycles. The van der Waals surface area contributed by atoms with Gasteiger partial charge in [-0.25, -0.2) is 4.79 Å². The quantitative estimate of drug-likeness (QED) is 0.708. The second-order valence-corrected chi connectivity index (χ2v) is 5.95. The minimum absolute atomic E-state index is 0.0571. The number of carbonyl (C=O) groups is 3. The van der Waals surface area contributed by atoms with E-state index >= 15 is 0 Å². The molecule has 1 atom stereocenters. The van der Waals surface area contributed by atoms with E-state index in [1.54, 1.807) is 54.9 Å². The Bertz CT molecular complexity index is 813. The van der Waals surface area contributed by atoms with E-state index in [-0.39, 0.29) is 19.0 Å². The average molecular weight is 369 g/mol. The molecule has 0 spiro atoms. The third-order valence-electron chi connectivity index (χ3n) is 3.99. The Kier molecular flexibility index (Phi) is 5.65. The topological polar surface area (TPSA) is 89.0 Å². The van der Waals surface area contributed by atoms with Gasteiger partial charge in [0.05, 0.1) is 6.54 Å². The number of ether oxygens (including phenoxy) is 1. The molecule has 0 aliphatic carbocycles. The Morgan fingerprint density at radius 3 is 2.41 bits per heavy atom. The monoisotopic (exact) mass is 369 g/mol. The molecule has 3 rings (SSSR count). The van der Waals surface area contributed by atoms with Crippen molar-refractivity contribution in [3.8, 4) is 5.75 Å². The highest BCUT2D eigenvalue weighted by Gasteiger charge is 2.33. The van der Waals surface area contributed by atoms with E-state index in [1.807, 2.05) is 4.90 Å². The van der Waals surface area contributed by atoms with Crippen molar-refractivity contribution < 1.29 is 24.0 Å². The summed E-state index contributed by atoms with van der Waals surface area (Å²) in [7, 11) is 0. The third kappa shape index (κ3) is 4.60. The first kappa shape index (κ1) is 18.4. The van der Waals surface area contributed by atoms with Gasteiger partial charge in [0.25, 0.3) is 12.0 Å². The highest BCUT2D eigenvalue weighted by atomic mass is 16.7. The number of rotatable bonds is 6. The van der Waals surface area contributed by atoms with Crippen LogP contribution in [0.4, 0.5) is 5.69 Å². The van der Waals surface area contributed by atoms with E-state index in [9.17, 15) is 14.4 Å². The van der Waals surface area contributed by atoms with Gasteiger partial charge < -0.3 is 14.5 Å². The molecular weight excluding hydrogens is 350 g/mol. The summed E-state index contributed by atoms with van der Waals surface area (Å²) in [5, 5.41) is 0.977. The van der Waals surface area contributed by atoms with Crippen LogP contribution in [0.25, 0.3) is 0 Å².